The number of aromatic nitrogens is 5. The largest absolute Gasteiger partial charge is 0.382 e. The van der Waals surface area contributed by atoms with E-state index in [0.717, 1.165) is 16.0 Å². The lowest BCUT2D eigenvalue weighted by atomic mass is 10.1. The van der Waals surface area contributed by atoms with Crippen molar-refractivity contribution in [3.05, 3.63) is 6.33 Å². The van der Waals surface area contributed by atoms with Crippen molar-refractivity contribution in [3.63, 3.8) is 0 Å². The van der Waals surface area contributed by atoms with E-state index in [2.05, 4.69) is 40.9 Å². The molecule has 11 atom stereocenters. The Kier molecular flexibility index (Phi) is 7.73. The third kappa shape index (κ3) is 5.55. The van der Waals surface area contributed by atoms with E-state index in [1.165, 1.54) is 0 Å². The van der Waals surface area contributed by atoms with Crippen molar-refractivity contribution in [1.29, 1.82) is 5.41 Å². The maximum Gasteiger partial charge on any atom is 0.325 e. The molecule has 0 saturated carbocycles. The summed E-state index contributed by atoms with van der Waals surface area (Å²) < 4.78 is 66.0. The summed E-state index contributed by atoms with van der Waals surface area (Å²) >= 11 is 10.2. The monoisotopic (exact) mass is 712 g/mol. The Bertz CT molecular complexity index is 1740. The molecule has 7 heterocycles. The molecule has 2 aromatic heterocycles. The molecule has 0 radical (unpaired) electrons. The van der Waals surface area contributed by atoms with Crippen LogP contribution in [0.2, 0.25) is 0 Å². The molecular weight excluding hydrogens is 692 g/mol. The van der Waals surface area contributed by atoms with Gasteiger partial charge < -0.3 is 34.0 Å². The predicted octanol–water partition coefficient (Wildman–Crippen LogP) is -1.13. The van der Waals surface area contributed by atoms with Crippen molar-refractivity contribution in [2.24, 2.45) is 15.3 Å². The van der Waals surface area contributed by atoms with Crippen LogP contribution in [0.5, 0.6) is 0 Å². The maximum atomic E-state index is 15.9. The van der Waals surface area contributed by atoms with E-state index >= 15 is 8.78 Å². The zero-order chi connectivity index (χ0) is 31.8. The minimum Gasteiger partial charge on any atom is -0.382 e. The zero-order valence-electron chi connectivity index (χ0n) is 22.0. The standard InChI is InChI=1S/C18H20F2N12O9P2S2/c19-6-4-1-36-42(34,44)40-10-5(39-16(7(10)20)31-13-8(27-29-31)12(21)23-3-24-13)2-37-43(35,45)41-11(6)17(38-4)32-14-9(28-30-32)15(33)26-18(22)25-14/h3-7,9-11,16-17H,1-2H2,(H,34,44)(H,35,45)(H2,21,23,24)(H2,22,26,33)/t4-,5-,6+,7+,9?,10-,11-,16-,17-,42?,43?/m1/s1. The molecule has 0 spiro atoms. The highest BCUT2D eigenvalue weighted by Crippen LogP contribution is 2.54. The summed E-state index contributed by atoms with van der Waals surface area (Å²) in [5.74, 6) is -1.46. The molecule has 3 saturated heterocycles. The van der Waals surface area contributed by atoms with Gasteiger partial charge in [-0.25, -0.2) is 18.7 Å². The van der Waals surface area contributed by atoms with Gasteiger partial charge in [0.15, 0.2) is 47.6 Å². The normalized spacial score (nSPS) is 42.0. The number of carbonyl (C=O) groups excluding carboxylic acids is 1. The van der Waals surface area contributed by atoms with Gasteiger partial charge in [0.05, 0.1) is 13.2 Å². The van der Waals surface area contributed by atoms with E-state index in [1.807, 2.05) is 0 Å². The first-order valence-electron chi connectivity index (χ1n) is 12.7. The lowest BCUT2D eigenvalue weighted by Gasteiger charge is -2.30. The minimum atomic E-state index is -4.40. The number of nitrogens with two attached hydrogens (primary N) is 1. The number of halogens is 2. The highest BCUT2D eigenvalue weighted by atomic mass is 32.5. The topological polar surface area (TPSA) is 272 Å². The summed E-state index contributed by atoms with van der Waals surface area (Å²) in [4.78, 5) is 45.8. The van der Waals surface area contributed by atoms with Crippen LogP contribution in [0.4, 0.5) is 14.6 Å². The molecule has 45 heavy (non-hydrogen) atoms. The van der Waals surface area contributed by atoms with Gasteiger partial charge in [-0.2, -0.15) is 14.7 Å². The van der Waals surface area contributed by atoms with Gasteiger partial charge in [0, 0.05) is 0 Å². The number of rotatable bonds is 2. The van der Waals surface area contributed by atoms with Gasteiger partial charge in [-0.1, -0.05) is 10.4 Å². The molecule has 3 fully saturated rings. The molecule has 21 nitrogen and oxygen atoms in total. The molecule has 0 aliphatic carbocycles. The highest BCUT2D eigenvalue weighted by molar-refractivity contribution is 8.07. The molecular formula is C18H20F2N12O9P2S2. The second-order valence-corrected chi connectivity index (χ2v) is 15.5. The van der Waals surface area contributed by atoms with Crippen LogP contribution in [0.3, 0.4) is 0 Å². The summed E-state index contributed by atoms with van der Waals surface area (Å²) in [6.07, 6.45) is -12.7. The van der Waals surface area contributed by atoms with Gasteiger partial charge in [0.1, 0.15) is 30.7 Å². The number of anilines is 1. The number of ether oxygens (including phenoxy) is 2. The van der Waals surface area contributed by atoms with Crippen LogP contribution >= 0.6 is 13.4 Å². The molecule has 27 heteroatoms. The van der Waals surface area contributed by atoms with Gasteiger partial charge in [-0.15, -0.1) is 10.2 Å². The number of nitrogen functional groups attached to an aromatic ring is 1. The average molecular weight is 713 g/mol. The van der Waals surface area contributed by atoms with Gasteiger partial charge in [0.2, 0.25) is 12.0 Å². The van der Waals surface area contributed by atoms with Crippen molar-refractivity contribution >= 4 is 71.7 Å². The third-order valence-corrected chi connectivity index (χ3v) is 10.2. The SMILES string of the molecule is N=C1N=C2C(N=NN2[C@@H]2O[C@@H]3COP(O)(=S)O[C@H]4[C@H](F)[C@H](n5nnc6c(N)ncnc65)O[C@@H]4COP(O)(=S)O[C@@H]2[C@H]3F)C(=O)N1. The zero-order valence-corrected chi connectivity index (χ0v) is 25.4. The number of alkyl halides is 2. The van der Waals surface area contributed by atoms with Gasteiger partial charge >= 0.3 is 13.4 Å². The summed E-state index contributed by atoms with van der Waals surface area (Å²) in [5.41, 5.74) is 5.88. The van der Waals surface area contributed by atoms with E-state index in [-0.39, 0.29) is 22.8 Å². The van der Waals surface area contributed by atoms with E-state index in [9.17, 15) is 14.6 Å². The van der Waals surface area contributed by atoms with E-state index in [0.29, 0.717) is 0 Å². The molecule has 242 valence electrons. The number of amides is 1. The number of fused-ring (bicyclic) bond motifs is 5. The average Bonchev–Trinajstić information content (AvgIpc) is 3.72. The number of nitrogens with one attached hydrogen (secondary N) is 2. The number of guanidine groups is 1. The number of carbonyl (C=O) groups is 1. The minimum absolute atomic E-state index is 0.0189. The summed E-state index contributed by atoms with van der Waals surface area (Å²) in [6, 6.07) is -1.27. The first-order chi connectivity index (χ1) is 21.3. The number of aliphatic imine (C=N–C) groups is 1. The number of hydrogen-bond donors (Lipinski definition) is 5. The molecule has 0 aromatic carbocycles. The first-order valence-corrected chi connectivity index (χ1v) is 17.9. The highest BCUT2D eigenvalue weighted by Gasteiger charge is 2.56. The Balaban J connectivity index is 1.17. The molecule has 2 bridgehead atoms. The fraction of sp³-hybridized carbons (Fsp3) is 0.611. The Morgan fingerprint density at radius 2 is 1.73 bits per heavy atom. The fourth-order valence-electron chi connectivity index (χ4n) is 5.07. The smallest absolute Gasteiger partial charge is 0.325 e. The van der Waals surface area contributed by atoms with Crippen molar-refractivity contribution < 1.29 is 50.9 Å². The van der Waals surface area contributed by atoms with Gasteiger partial charge in [0.25, 0.3) is 5.91 Å². The van der Waals surface area contributed by atoms with Crippen molar-refractivity contribution in [2.45, 2.75) is 55.3 Å². The lowest BCUT2D eigenvalue weighted by molar-refractivity contribution is -0.119. The number of hydrogen-bond acceptors (Lipinski definition) is 18. The fourth-order valence-corrected chi connectivity index (χ4v) is 7.91. The van der Waals surface area contributed by atoms with Crippen LogP contribution in [-0.2, 0) is 56.0 Å². The van der Waals surface area contributed by atoms with E-state index in [1.54, 1.807) is 0 Å². The molecule has 6 N–H and O–H groups in total. The Labute approximate surface area is 259 Å². The van der Waals surface area contributed by atoms with E-state index in [4.69, 9.17) is 62.3 Å². The predicted molar refractivity (Wildman–Crippen MR) is 148 cm³/mol. The van der Waals surface area contributed by atoms with Crippen molar-refractivity contribution in [3.8, 4) is 0 Å². The molecule has 7 rings (SSSR count). The van der Waals surface area contributed by atoms with Crippen LogP contribution in [0.15, 0.2) is 21.7 Å². The third-order valence-electron chi connectivity index (χ3n) is 7.08. The Morgan fingerprint density at radius 3 is 2.49 bits per heavy atom. The van der Waals surface area contributed by atoms with Crippen molar-refractivity contribution in [2.75, 3.05) is 18.9 Å². The summed E-state index contributed by atoms with van der Waals surface area (Å²) in [6.45, 7) is -10.2. The summed E-state index contributed by atoms with van der Waals surface area (Å²) in [5, 5.41) is 26.1. The quantitative estimate of drug-likeness (QED) is 0.230. The van der Waals surface area contributed by atoms with Crippen LogP contribution < -0.4 is 11.1 Å². The second-order valence-electron chi connectivity index (χ2n) is 9.91. The molecule has 1 amide bonds. The number of amidine groups is 1. The van der Waals surface area contributed by atoms with Crippen molar-refractivity contribution in [1.82, 2.24) is 35.3 Å². The summed E-state index contributed by atoms with van der Waals surface area (Å²) in [7, 11) is 0. The van der Waals surface area contributed by atoms with E-state index < -0.39 is 93.8 Å². The maximum absolute atomic E-state index is 15.9. The molecule has 3 unspecified atom stereocenters. The van der Waals surface area contributed by atoms with Gasteiger partial charge in [-0.05, 0) is 23.6 Å². The molecule has 5 aliphatic rings. The Hall–Kier alpha value is -2.67. The van der Waals surface area contributed by atoms with Gasteiger partial charge in [-0.3, -0.25) is 24.6 Å². The van der Waals surface area contributed by atoms with Crippen LogP contribution in [-0.4, -0.2) is 120 Å². The van der Waals surface area contributed by atoms with Crippen LogP contribution in [0, 0.1) is 5.41 Å². The number of nitrogens with zero attached hydrogens (tertiary/aromatic N) is 9. The Morgan fingerprint density at radius 1 is 1.04 bits per heavy atom. The second kappa shape index (κ2) is 11.2. The molecule has 5 aliphatic heterocycles. The lowest BCUT2D eigenvalue weighted by Crippen LogP contribution is -2.52. The first kappa shape index (κ1) is 31.0. The van der Waals surface area contributed by atoms with Crippen LogP contribution in [0.25, 0.3) is 11.2 Å². The molecule has 2 aromatic rings. The van der Waals surface area contributed by atoms with Crippen LogP contribution in [0.1, 0.15) is 6.23 Å².